The number of aryl methyl sites for hydroxylation is 1. The highest BCUT2D eigenvalue weighted by Crippen LogP contribution is 2.34. The first-order valence-corrected chi connectivity index (χ1v) is 9.79. The molecule has 1 saturated carbocycles. The van der Waals surface area contributed by atoms with Gasteiger partial charge in [0.2, 0.25) is 0 Å². The number of hydrogen-bond acceptors (Lipinski definition) is 2. The molecule has 1 unspecified atom stereocenters. The number of H-pyrrole nitrogens is 1. The molecule has 0 aliphatic heterocycles. The Morgan fingerprint density at radius 3 is 2.41 bits per heavy atom. The van der Waals surface area contributed by atoms with Gasteiger partial charge in [-0.15, -0.1) is 0 Å². The zero-order valence-electron chi connectivity index (χ0n) is 15.3. The summed E-state index contributed by atoms with van der Waals surface area (Å²) < 4.78 is 0. The van der Waals surface area contributed by atoms with E-state index in [0.717, 1.165) is 43.2 Å². The minimum absolute atomic E-state index is 0.175. The molecular formula is C23H23N3O. The number of aromatic amines is 1. The van der Waals surface area contributed by atoms with E-state index in [1.165, 1.54) is 16.8 Å². The molecule has 0 spiro atoms. The van der Waals surface area contributed by atoms with Crippen molar-refractivity contribution < 1.29 is 4.79 Å². The van der Waals surface area contributed by atoms with Gasteiger partial charge in [0.15, 0.2) is 0 Å². The Kier molecular flexibility index (Phi) is 4.04. The number of rotatable bonds is 4. The highest BCUT2D eigenvalue weighted by atomic mass is 16.2. The molecule has 1 atom stereocenters. The van der Waals surface area contributed by atoms with Crippen LogP contribution in [0.15, 0.2) is 60.8 Å². The van der Waals surface area contributed by atoms with Crippen LogP contribution < -0.4 is 0 Å². The number of fused-ring (bicyclic) bond motifs is 1. The van der Waals surface area contributed by atoms with Gasteiger partial charge >= 0.3 is 0 Å². The zero-order valence-corrected chi connectivity index (χ0v) is 15.3. The smallest absolute Gasteiger partial charge is 0.254 e. The number of carbonyl (C=O) groups excluding carboxylic acids is 1. The Morgan fingerprint density at radius 1 is 0.926 bits per heavy atom. The van der Waals surface area contributed by atoms with Crippen LogP contribution >= 0.6 is 0 Å². The minimum Gasteiger partial charge on any atom is -0.332 e. The number of nitrogens with one attached hydrogen (secondary N) is 1. The molecule has 0 saturated heterocycles. The lowest BCUT2D eigenvalue weighted by Gasteiger charge is -2.34. The number of nitrogens with zero attached hydrogens (tertiary/aromatic N) is 2. The van der Waals surface area contributed by atoms with Crippen molar-refractivity contribution in [1.82, 2.24) is 15.1 Å². The van der Waals surface area contributed by atoms with Gasteiger partial charge in [0, 0.05) is 23.3 Å². The first-order valence-electron chi connectivity index (χ1n) is 9.79. The minimum atomic E-state index is 0.175. The monoisotopic (exact) mass is 357 g/mol. The van der Waals surface area contributed by atoms with Crippen molar-refractivity contribution in [2.75, 3.05) is 0 Å². The summed E-state index contributed by atoms with van der Waals surface area (Å²) in [5.41, 5.74) is 5.62. The highest BCUT2D eigenvalue weighted by molar-refractivity contribution is 5.95. The van der Waals surface area contributed by atoms with Crippen molar-refractivity contribution in [2.45, 2.75) is 44.2 Å². The topological polar surface area (TPSA) is 49.0 Å². The predicted molar refractivity (Wildman–Crippen MR) is 105 cm³/mol. The molecule has 27 heavy (non-hydrogen) atoms. The summed E-state index contributed by atoms with van der Waals surface area (Å²) in [6, 6.07) is 19.0. The largest absolute Gasteiger partial charge is 0.332 e. The standard InChI is InChI=1S/C23H23N3O/c27-23(18-8-6-17(7-9-18)16-4-2-1-3-5-16)26(20-10-11-20)21-12-13-22-19(14-21)15-24-25-22/h1-9,15,20-21H,10-14H2,(H,24,25). The average molecular weight is 357 g/mol. The van der Waals surface area contributed by atoms with Crippen LogP contribution in [0.25, 0.3) is 11.1 Å². The molecule has 2 aromatic carbocycles. The van der Waals surface area contributed by atoms with E-state index in [1.54, 1.807) is 0 Å². The maximum absolute atomic E-state index is 13.3. The Morgan fingerprint density at radius 2 is 1.67 bits per heavy atom. The van der Waals surface area contributed by atoms with Gasteiger partial charge in [-0.3, -0.25) is 9.89 Å². The Bertz CT molecular complexity index is 941. The molecule has 0 bridgehead atoms. The lowest BCUT2D eigenvalue weighted by atomic mass is 9.91. The number of amides is 1. The SMILES string of the molecule is O=C(c1ccc(-c2ccccc2)cc1)N(C1CC1)C1CCc2[nH]ncc2C1. The van der Waals surface area contributed by atoms with E-state index in [0.29, 0.717) is 6.04 Å². The molecule has 3 aromatic rings. The fourth-order valence-corrected chi connectivity index (χ4v) is 4.20. The summed E-state index contributed by atoms with van der Waals surface area (Å²) in [4.78, 5) is 15.5. The van der Waals surface area contributed by atoms with Crippen molar-refractivity contribution in [2.24, 2.45) is 0 Å². The molecule has 1 aromatic heterocycles. The second kappa shape index (κ2) is 6.69. The molecular weight excluding hydrogens is 334 g/mol. The van der Waals surface area contributed by atoms with Crippen LogP contribution in [0.4, 0.5) is 0 Å². The average Bonchev–Trinajstić information content (AvgIpc) is 3.44. The molecule has 2 aliphatic carbocycles. The molecule has 4 heteroatoms. The molecule has 1 amide bonds. The molecule has 4 nitrogen and oxygen atoms in total. The Balaban J connectivity index is 1.38. The van der Waals surface area contributed by atoms with Crippen molar-refractivity contribution in [1.29, 1.82) is 0 Å². The van der Waals surface area contributed by atoms with Gasteiger partial charge in [-0.2, -0.15) is 5.10 Å². The fourth-order valence-electron chi connectivity index (χ4n) is 4.20. The second-order valence-electron chi connectivity index (χ2n) is 7.66. The summed E-state index contributed by atoms with van der Waals surface area (Å²) in [5.74, 6) is 0.175. The van der Waals surface area contributed by atoms with Gasteiger partial charge < -0.3 is 4.90 Å². The molecule has 5 rings (SSSR count). The van der Waals surface area contributed by atoms with Crippen molar-refractivity contribution >= 4 is 5.91 Å². The van der Waals surface area contributed by atoms with Gasteiger partial charge in [-0.1, -0.05) is 42.5 Å². The van der Waals surface area contributed by atoms with E-state index in [1.807, 2.05) is 36.5 Å². The van der Waals surface area contributed by atoms with E-state index >= 15 is 0 Å². The van der Waals surface area contributed by atoms with E-state index in [9.17, 15) is 4.79 Å². The van der Waals surface area contributed by atoms with Gasteiger partial charge in [0.25, 0.3) is 5.91 Å². The molecule has 136 valence electrons. The van der Waals surface area contributed by atoms with Crippen LogP contribution in [-0.2, 0) is 12.8 Å². The first-order chi connectivity index (χ1) is 13.3. The van der Waals surface area contributed by atoms with E-state index < -0.39 is 0 Å². The van der Waals surface area contributed by atoms with Crippen LogP contribution in [0.1, 0.15) is 40.9 Å². The predicted octanol–water partition coefficient (Wildman–Crippen LogP) is 4.24. The van der Waals surface area contributed by atoms with E-state index in [2.05, 4.69) is 39.4 Å². The summed E-state index contributed by atoms with van der Waals surface area (Å²) in [6.45, 7) is 0. The summed E-state index contributed by atoms with van der Waals surface area (Å²) in [5, 5.41) is 7.26. The molecule has 1 heterocycles. The van der Waals surface area contributed by atoms with Gasteiger partial charge in [-0.25, -0.2) is 0 Å². The zero-order chi connectivity index (χ0) is 18.2. The third-order valence-electron chi connectivity index (χ3n) is 5.80. The lowest BCUT2D eigenvalue weighted by molar-refractivity contribution is 0.0643. The molecule has 0 radical (unpaired) electrons. The van der Waals surface area contributed by atoms with Crippen LogP contribution in [0, 0.1) is 0 Å². The third-order valence-corrected chi connectivity index (χ3v) is 5.80. The lowest BCUT2D eigenvalue weighted by Crippen LogP contribution is -2.44. The molecule has 2 aliphatic rings. The highest BCUT2D eigenvalue weighted by Gasteiger charge is 2.39. The van der Waals surface area contributed by atoms with Gasteiger partial charge in [0.05, 0.1) is 6.20 Å². The number of carbonyl (C=O) groups is 1. The normalized spacial score (nSPS) is 18.7. The maximum Gasteiger partial charge on any atom is 0.254 e. The summed E-state index contributed by atoms with van der Waals surface area (Å²) in [6.07, 6.45) is 7.08. The quantitative estimate of drug-likeness (QED) is 0.759. The number of aromatic nitrogens is 2. The Hall–Kier alpha value is -2.88. The van der Waals surface area contributed by atoms with Crippen molar-refractivity contribution in [3.63, 3.8) is 0 Å². The summed E-state index contributed by atoms with van der Waals surface area (Å²) in [7, 11) is 0. The fraction of sp³-hybridized carbons (Fsp3) is 0.304. The van der Waals surface area contributed by atoms with Crippen molar-refractivity contribution in [3.05, 3.63) is 77.6 Å². The first kappa shape index (κ1) is 16.3. The Labute approximate surface area is 159 Å². The van der Waals surface area contributed by atoms with Crippen LogP contribution in [0.2, 0.25) is 0 Å². The van der Waals surface area contributed by atoms with Crippen LogP contribution in [0.3, 0.4) is 0 Å². The van der Waals surface area contributed by atoms with E-state index in [-0.39, 0.29) is 11.9 Å². The summed E-state index contributed by atoms with van der Waals surface area (Å²) >= 11 is 0. The van der Waals surface area contributed by atoms with Gasteiger partial charge in [-0.05, 0) is 60.9 Å². The number of benzene rings is 2. The molecule has 1 fully saturated rings. The third kappa shape index (κ3) is 3.16. The maximum atomic E-state index is 13.3. The van der Waals surface area contributed by atoms with Gasteiger partial charge in [0.1, 0.15) is 0 Å². The van der Waals surface area contributed by atoms with Crippen LogP contribution in [0.5, 0.6) is 0 Å². The van der Waals surface area contributed by atoms with Crippen LogP contribution in [-0.4, -0.2) is 33.1 Å². The van der Waals surface area contributed by atoms with E-state index in [4.69, 9.17) is 0 Å². The molecule has 1 N–H and O–H groups in total. The second-order valence-corrected chi connectivity index (χ2v) is 7.66. The number of hydrogen-bond donors (Lipinski definition) is 1. The van der Waals surface area contributed by atoms with Crippen molar-refractivity contribution in [3.8, 4) is 11.1 Å².